The van der Waals surface area contributed by atoms with Crippen LogP contribution in [0.15, 0.2) is 0 Å². The van der Waals surface area contributed by atoms with Crippen molar-refractivity contribution in [2.24, 2.45) is 5.73 Å². The van der Waals surface area contributed by atoms with E-state index in [1.165, 1.54) is 19.3 Å². The lowest BCUT2D eigenvalue weighted by molar-refractivity contribution is -0.193. The fraction of sp³-hybridized carbons (Fsp3) is 0.786. The number of carboxylic acids is 2. The Morgan fingerprint density at radius 2 is 1.26 bits per heavy atom. The van der Waals surface area contributed by atoms with Gasteiger partial charge in [-0.05, 0) is 32.4 Å². The van der Waals surface area contributed by atoms with E-state index in [-0.39, 0.29) is 11.9 Å². The molecule has 1 rings (SSSR count). The molecule has 1 aliphatic heterocycles. The Kier molecular flexibility index (Phi) is 12.4. The van der Waals surface area contributed by atoms with Gasteiger partial charge in [-0.25, -0.2) is 9.59 Å². The monoisotopic (exact) mass is 412 g/mol. The van der Waals surface area contributed by atoms with E-state index in [2.05, 4.69) is 11.8 Å². The Morgan fingerprint density at radius 1 is 0.926 bits per heavy atom. The average Bonchev–Trinajstić information content (AvgIpc) is 2.52. The highest BCUT2D eigenvalue weighted by Crippen LogP contribution is 2.15. The van der Waals surface area contributed by atoms with Gasteiger partial charge in [0.15, 0.2) is 0 Å². The Balaban J connectivity index is 0. The van der Waals surface area contributed by atoms with Crippen molar-refractivity contribution in [3.63, 3.8) is 0 Å². The molecule has 27 heavy (non-hydrogen) atoms. The van der Waals surface area contributed by atoms with Crippen molar-refractivity contribution in [1.29, 1.82) is 0 Å². The summed E-state index contributed by atoms with van der Waals surface area (Å²) in [5.41, 5.74) is 5.37. The summed E-state index contributed by atoms with van der Waals surface area (Å²) >= 11 is 0. The molecule has 1 amide bonds. The number of hydrogen-bond acceptors (Lipinski definition) is 4. The highest BCUT2D eigenvalue weighted by molar-refractivity contribution is 5.79. The number of piperidine rings is 1. The van der Waals surface area contributed by atoms with Crippen LogP contribution in [0.1, 0.15) is 39.0 Å². The van der Waals surface area contributed by atoms with Crippen LogP contribution in [0.3, 0.4) is 0 Å². The van der Waals surface area contributed by atoms with Crippen LogP contribution in [-0.2, 0) is 14.4 Å². The molecule has 13 heteroatoms. The van der Waals surface area contributed by atoms with E-state index in [1.54, 1.807) is 0 Å². The first-order chi connectivity index (χ1) is 12.1. The lowest BCUT2D eigenvalue weighted by atomic mass is 10.0. The molecule has 7 nitrogen and oxygen atoms in total. The summed E-state index contributed by atoms with van der Waals surface area (Å²) in [5.74, 6) is -5.66. The van der Waals surface area contributed by atoms with Gasteiger partial charge in [0.05, 0.1) is 6.04 Å². The predicted octanol–water partition coefficient (Wildman–Crippen LogP) is 2.39. The number of rotatable bonds is 4. The summed E-state index contributed by atoms with van der Waals surface area (Å²) in [5, 5.41) is 14.2. The number of carbonyl (C=O) groups is 3. The Labute approximate surface area is 151 Å². The summed E-state index contributed by atoms with van der Waals surface area (Å²) < 4.78 is 63.5. The maximum absolute atomic E-state index is 11.2. The molecule has 0 aromatic carbocycles. The van der Waals surface area contributed by atoms with Gasteiger partial charge in [0, 0.05) is 0 Å². The molecular formula is C14H22F6N2O5. The van der Waals surface area contributed by atoms with Crippen LogP contribution in [0.2, 0.25) is 0 Å². The second-order valence-electron chi connectivity index (χ2n) is 5.41. The first-order valence-corrected chi connectivity index (χ1v) is 7.78. The van der Waals surface area contributed by atoms with Gasteiger partial charge in [-0.15, -0.1) is 0 Å². The molecule has 1 heterocycles. The Bertz CT molecular complexity index is 452. The second kappa shape index (κ2) is 12.4. The summed E-state index contributed by atoms with van der Waals surface area (Å²) in [6.45, 7) is 4.20. The summed E-state index contributed by atoms with van der Waals surface area (Å²) in [6, 6.07) is -0.00898. The molecule has 1 unspecified atom stereocenters. The summed E-state index contributed by atoms with van der Waals surface area (Å²) in [6.07, 6.45) is -4.49. The minimum absolute atomic E-state index is 0.00898. The fourth-order valence-corrected chi connectivity index (χ4v) is 2.01. The molecule has 0 spiro atoms. The normalized spacial score (nSPS) is 16.1. The largest absolute Gasteiger partial charge is 0.490 e. The van der Waals surface area contributed by atoms with E-state index < -0.39 is 24.3 Å². The zero-order valence-electron chi connectivity index (χ0n) is 14.4. The van der Waals surface area contributed by atoms with E-state index in [0.29, 0.717) is 0 Å². The molecule has 1 saturated heterocycles. The van der Waals surface area contributed by atoms with Gasteiger partial charge in [-0.3, -0.25) is 9.69 Å². The maximum Gasteiger partial charge on any atom is 0.490 e. The molecule has 1 aliphatic rings. The number of nitrogens with zero attached hydrogens (tertiary/aromatic N) is 1. The van der Waals surface area contributed by atoms with Crippen molar-refractivity contribution in [2.75, 3.05) is 13.1 Å². The zero-order chi connectivity index (χ0) is 21.8. The number of carboxylic acid groups (broad SMARTS) is 2. The second-order valence-corrected chi connectivity index (χ2v) is 5.41. The molecule has 0 bridgehead atoms. The van der Waals surface area contributed by atoms with E-state index >= 15 is 0 Å². The molecular weight excluding hydrogens is 390 g/mol. The van der Waals surface area contributed by atoms with Crippen LogP contribution in [0.25, 0.3) is 0 Å². The van der Waals surface area contributed by atoms with Crippen molar-refractivity contribution >= 4 is 17.8 Å². The topological polar surface area (TPSA) is 121 Å². The number of halogens is 6. The third kappa shape index (κ3) is 13.8. The maximum atomic E-state index is 11.2. The third-order valence-electron chi connectivity index (χ3n) is 3.21. The van der Waals surface area contributed by atoms with Gasteiger partial charge in [0.25, 0.3) is 0 Å². The van der Waals surface area contributed by atoms with Crippen LogP contribution in [0, 0.1) is 0 Å². The number of aliphatic carboxylic acids is 2. The number of nitrogens with two attached hydrogens (primary N) is 1. The minimum Gasteiger partial charge on any atom is -0.475 e. The average molecular weight is 412 g/mol. The minimum atomic E-state index is -5.08. The molecule has 160 valence electrons. The molecule has 0 radical (unpaired) electrons. The number of carbonyl (C=O) groups excluding carboxylic acids is 1. The Hall–Kier alpha value is -2.05. The molecule has 0 saturated carbocycles. The third-order valence-corrected chi connectivity index (χ3v) is 3.21. The standard InChI is InChI=1S/C10H20N2O.2C2HF3O2/c1-2-6-9(10(11)13)12-7-4-3-5-8-12;2*3-2(4,5)1(6)7/h9H,2-8H2,1H3,(H2,11,13);2*(H,6,7). The molecule has 0 aromatic heterocycles. The smallest absolute Gasteiger partial charge is 0.475 e. The lowest BCUT2D eigenvalue weighted by Gasteiger charge is -2.32. The fourth-order valence-electron chi connectivity index (χ4n) is 2.01. The van der Waals surface area contributed by atoms with Crippen LogP contribution >= 0.6 is 0 Å². The highest BCUT2D eigenvalue weighted by atomic mass is 19.4. The number of likely N-dealkylation sites (tertiary alicyclic amines) is 1. The highest BCUT2D eigenvalue weighted by Gasteiger charge is 2.38. The SMILES string of the molecule is CCCC(C(N)=O)N1CCCCC1.O=C(O)C(F)(F)F.O=C(O)C(F)(F)F. The first-order valence-electron chi connectivity index (χ1n) is 7.78. The lowest BCUT2D eigenvalue weighted by Crippen LogP contribution is -2.46. The first kappa shape index (κ1) is 27.2. The van der Waals surface area contributed by atoms with Crippen molar-refractivity contribution < 1.29 is 50.9 Å². The number of amides is 1. The van der Waals surface area contributed by atoms with E-state index in [4.69, 9.17) is 25.5 Å². The van der Waals surface area contributed by atoms with Crippen molar-refractivity contribution in [3.8, 4) is 0 Å². The molecule has 0 aliphatic carbocycles. The van der Waals surface area contributed by atoms with Crippen molar-refractivity contribution in [2.45, 2.75) is 57.4 Å². The molecule has 0 aromatic rings. The van der Waals surface area contributed by atoms with E-state index in [9.17, 15) is 31.1 Å². The van der Waals surface area contributed by atoms with E-state index in [1.807, 2.05) is 0 Å². The van der Waals surface area contributed by atoms with E-state index in [0.717, 1.165) is 25.9 Å². The molecule has 4 N–H and O–H groups in total. The van der Waals surface area contributed by atoms with Gasteiger partial charge < -0.3 is 15.9 Å². The van der Waals surface area contributed by atoms with Crippen molar-refractivity contribution in [1.82, 2.24) is 4.90 Å². The van der Waals surface area contributed by atoms with Gasteiger partial charge >= 0.3 is 24.3 Å². The summed E-state index contributed by atoms with van der Waals surface area (Å²) in [4.78, 5) is 31.2. The zero-order valence-corrected chi connectivity index (χ0v) is 14.4. The number of hydrogen-bond donors (Lipinski definition) is 3. The van der Waals surface area contributed by atoms with Gasteiger partial charge in [-0.2, -0.15) is 26.3 Å². The van der Waals surface area contributed by atoms with Crippen LogP contribution in [0.4, 0.5) is 26.3 Å². The quantitative estimate of drug-likeness (QED) is 0.610. The van der Waals surface area contributed by atoms with Gasteiger partial charge in [-0.1, -0.05) is 19.8 Å². The van der Waals surface area contributed by atoms with Crippen LogP contribution < -0.4 is 5.73 Å². The molecule has 1 atom stereocenters. The summed E-state index contributed by atoms with van der Waals surface area (Å²) in [7, 11) is 0. The number of primary amides is 1. The van der Waals surface area contributed by atoms with Crippen LogP contribution in [-0.4, -0.2) is 64.4 Å². The van der Waals surface area contributed by atoms with Crippen molar-refractivity contribution in [3.05, 3.63) is 0 Å². The Morgan fingerprint density at radius 3 is 1.48 bits per heavy atom. The van der Waals surface area contributed by atoms with Crippen LogP contribution in [0.5, 0.6) is 0 Å². The molecule has 1 fully saturated rings. The van der Waals surface area contributed by atoms with Gasteiger partial charge in [0.2, 0.25) is 5.91 Å². The predicted molar refractivity (Wildman–Crippen MR) is 80.7 cm³/mol. The number of alkyl halides is 6. The van der Waals surface area contributed by atoms with Gasteiger partial charge in [0.1, 0.15) is 0 Å².